The summed E-state index contributed by atoms with van der Waals surface area (Å²) in [7, 11) is 0. The molecule has 4 rings (SSSR count). The van der Waals surface area contributed by atoms with Gasteiger partial charge in [-0.3, -0.25) is 4.98 Å². The van der Waals surface area contributed by atoms with Gasteiger partial charge in [0.25, 0.3) is 0 Å². The summed E-state index contributed by atoms with van der Waals surface area (Å²) in [5, 5.41) is -0.219. The Hall–Kier alpha value is -3.34. The molecule has 9 nitrogen and oxygen atoms in total. The van der Waals surface area contributed by atoms with E-state index in [4.69, 9.17) is 16.3 Å². The lowest BCUT2D eigenvalue weighted by molar-refractivity contribution is 0.0218. The number of alkyl halides is 1. The van der Waals surface area contributed by atoms with Gasteiger partial charge in [-0.1, -0.05) is 11.6 Å². The van der Waals surface area contributed by atoms with Gasteiger partial charge in [0.05, 0.1) is 11.1 Å². The molecule has 0 spiro atoms. The Morgan fingerprint density at radius 2 is 1.87 bits per heavy atom. The van der Waals surface area contributed by atoms with Gasteiger partial charge in [0, 0.05) is 31.9 Å². The van der Waals surface area contributed by atoms with E-state index < -0.39 is 34.0 Å². The van der Waals surface area contributed by atoms with E-state index in [1.165, 1.54) is 26.1 Å². The molecule has 4 heterocycles. The number of aryl methyl sites for hydroxylation is 1. The molecular formula is C26H31ClF2N6O3. The Morgan fingerprint density at radius 3 is 2.47 bits per heavy atom. The van der Waals surface area contributed by atoms with Crippen molar-refractivity contribution >= 4 is 34.5 Å². The standard InChI is InChI=1S/C26H31ClF2N6O3/c1-14-8-9-30-19(26(6,7)29)18(14)35-22-16(12-17(28)20(27)31-22)21(32-23(35)36)34-11-10-33(13-15(34)2)24(37)38-25(3,4)5/h8-9,12,15H,10-11,13H2,1-7H3/t15-/m0/s1. The molecule has 0 aromatic carbocycles. The second-order valence-electron chi connectivity index (χ2n) is 11.0. The molecule has 12 heteroatoms. The molecule has 0 radical (unpaired) electrons. The highest BCUT2D eigenvalue weighted by Gasteiger charge is 2.33. The van der Waals surface area contributed by atoms with E-state index in [0.29, 0.717) is 25.2 Å². The highest BCUT2D eigenvalue weighted by atomic mass is 35.5. The highest BCUT2D eigenvalue weighted by Crippen LogP contribution is 2.34. The Bertz CT molecular complexity index is 1460. The number of pyridine rings is 2. The summed E-state index contributed by atoms with van der Waals surface area (Å²) in [5.41, 5.74) is -2.52. The van der Waals surface area contributed by atoms with Crippen LogP contribution in [0.4, 0.5) is 19.4 Å². The van der Waals surface area contributed by atoms with Crippen LogP contribution >= 0.6 is 11.6 Å². The molecule has 1 aliphatic heterocycles. The average Bonchev–Trinajstić information content (AvgIpc) is 2.78. The first-order chi connectivity index (χ1) is 17.6. The van der Waals surface area contributed by atoms with Crippen LogP contribution in [0.1, 0.15) is 52.8 Å². The number of nitrogens with zero attached hydrogens (tertiary/aromatic N) is 6. The van der Waals surface area contributed by atoms with Gasteiger partial charge in [0.2, 0.25) is 0 Å². The van der Waals surface area contributed by atoms with E-state index in [1.54, 1.807) is 38.7 Å². The van der Waals surface area contributed by atoms with Gasteiger partial charge in [-0.05, 0) is 66.2 Å². The van der Waals surface area contributed by atoms with Crippen LogP contribution in [0, 0.1) is 12.7 Å². The van der Waals surface area contributed by atoms with E-state index in [-0.39, 0.29) is 34.3 Å². The van der Waals surface area contributed by atoms with Gasteiger partial charge in [0.1, 0.15) is 22.8 Å². The van der Waals surface area contributed by atoms with Gasteiger partial charge in [-0.2, -0.15) is 4.98 Å². The number of fused-ring (bicyclic) bond motifs is 1. The average molecular weight is 549 g/mol. The molecular weight excluding hydrogens is 518 g/mol. The number of amides is 1. The largest absolute Gasteiger partial charge is 0.444 e. The van der Waals surface area contributed by atoms with Gasteiger partial charge in [0.15, 0.2) is 16.6 Å². The number of carbonyl (C=O) groups excluding carboxylic acids is 1. The number of anilines is 1. The third-order valence-corrected chi connectivity index (χ3v) is 6.49. The Labute approximate surface area is 224 Å². The molecule has 0 unspecified atom stereocenters. The van der Waals surface area contributed by atoms with Crippen molar-refractivity contribution in [1.29, 1.82) is 0 Å². The SMILES string of the molecule is Cc1ccnc(C(C)(C)F)c1-n1c(=O)nc(N2CCN(C(=O)OC(C)(C)C)C[C@@H]2C)c2cc(F)c(Cl)nc21. The fourth-order valence-corrected chi connectivity index (χ4v) is 4.67. The Kier molecular flexibility index (Phi) is 7.11. The zero-order chi connectivity index (χ0) is 28.2. The smallest absolute Gasteiger partial charge is 0.410 e. The lowest BCUT2D eigenvalue weighted by atomic mass is 10.0. The first kappa shape index (κ1) is 27.7. The van der Waals surface area contributed by atoms with E-state index in [9.17, 15) is 14.0 Å². The van der Waals surface area contributed by atoms with E-state index in [1.807, 2.05) is 11.8 Å². The van der Waals surface area contributed by atoms with Crippen molar-refractivity contribution in [2.75, 3.05) is 24.5 Å². The molecule has 3 aromatic heterocycles. The zero-order valence-corrected chi connectivity index (χ0v) is 23.2. The van der Waals surface area contributed by atoms with E-state index in [0.717, 1.165) is 4.57 Å². The number of halogens is 3. The number of aromatic nitrogens is 4. The Morgan fingerprint density at radius 1 is 1.18 bits per heavy atom. The fourth-order valence-electron chi connectivity index (χ4n) is 4.54. The molecule has 1 amide bonds. The monoisotopic (exact) mass is 548 g/mol. The van der Waals surface area contributed by atoms with Crippen LogP contribution in [0.5, 0.6) is 0 Å². The maximum absolute atomic E-state index is 15.2. The molecule has 1 atom stereocenters. The quantitative estimate of drug-likeness (QED) is 0.428. The molecule has 38 heavy (non-hydrogen) atoms. The normalized spacial score (nSPS) is 16.7. The van der Waals surface area contributed by atoms with Crippen LogP contribution in [-0.2, 0) is 10.4 Å². The molecule has 0 bridgehead atoms. The summed E-state index contributed by atoms with van der Waals surface area (Å²) in [6.07, 6.45) is 1.02. The van der Waals surface area contributed by atoms with Crippen LogP contribution in [-0.4, -0.2) is 61.8 Å². The number of rotatable bonds is 3. The van der Waals surface area contributed by atoms with E-state index >= 15 is 4.39 Å². The molecule has 1 saturated heterocycles. The number of hydrogen-bond acceptors (Lipinski definition) is 7. The maximum Gasteiger partial charge on any atom is 0.410 e. The first-order valence-corrected chi connectivity index (χ1v) is 12.6. The predicted molar refractivity (Wildman–Crippen MR) is 141 cm³/mol. The molecule has 1 fully saturated rings. The number of piperazine rings is 1. The van der Waals surface area contributed by atoms with Crippen molar-refractivity contribution in [3.63, 3.8) is 0 Å². The summed E-state index contributed by atoms with van der Waals surface area (Å²) >= 11 is 6.06. The number of carbonyl (C=O) groups is 1. The lowest BCUT2D eigenvalue weighted by Gasteiger charge is -2.41. The minimum absolute atomic E-state index is 0.0111. The maximum atomic E-state index is 15.2. The first-order valence-electron chi connectivity index (χ1n) is 12.3. The van der Waals surface area contributed by atoms with Crippen molar-refractivity contribution in [3.8, 4) is 5.69 Å². The summed E-state index contributed by atoms with van der Waals surface area (Å²) in [6.45, 7) is 12.5. The van der Waals surface area contributed by atoms with Crippen molar-refractivity contribution in [2.24, 2.45) is 0 Å². The second-order valence-corrected chi connectivity index (χ2v) is 11.3. The topological polar surface area (TPSA) is 93.5 Å². The van der Waals surface area contributed by atoms with Crippen LogP contribution < -0.4 is 10.6 Å². The molecule has 3 aromatic rings. The highest BCUT2D eigenvalue weighted by molar-refractivity contribution is 6.30. The van der Waals surface area contributed by atoms with Crippen LogP contribution in [0.15, 0.2) is 23.1 Å². The van der Waals surface area contributed by atoms with Gasteiger partial charge in [-0.25, -0.2) is 27.9 Å². The van der Waals surface area contributed by atoms with Gasteiger partial charge < -0.3 is 14.5 Å². The predicted octanol–water partition coefficient (Wildman–Crippen LogP) is 4.93. The van der Waals surface area contributed by atoms with E-state index in [2.05, 4.69) is 15.0 Å². The molecule has 0 saturated carbocycles. The second kappa shape index (κ2) is 9.76. The van der Waals surface area contributed by atoms with Crippen molar-refractivity contribution in [1.82, 2.24) is 24.4 Å². The molecule has 0 N–H and O–H groups in total. The molecule has 204 valence electrons. The Balaban J connectivity index is 1.87. The summed E-state index contributed by atoms with van der Waals surface area (Å²) in [4.78, 5) is 42.3. The third kappa shape index (κ3) is 5.29. The van der Waals surface area contributed by atoms with Crippen molar-refractivity contribution in [3.05, 3.63) is 51.0 Å². The minimum atomic E-state index is -1.90. The molecule has 0 aliphatic carbocycles. The summed E-state index contributed by atoms with van der Waals surface area (Å²) in [6, 6.07) is 2.52. The van der Waals surface area contributed by atoms with Gasteiger partial charge >= 0.3 is 11.8 Å². The van der Waals surface area contributed by atoms with Crippen LogP contribution in [0.2, 0.25) is 5.15 Å². The summed E-state index contributed by atoms with van der Waals surface area (Å²) < 4.78 is 36.5. The zero-order valence-electron chi connectivity index (χ0n) is 22.5. The summed E-state index contributed by atoms with van der Waals surface area (Å²) in [5.74, 6) is -0.593. The third-order valence-electron chi connectivity index (χ3n) is 6.22. The van der Waals surface area contributed by atoms with Crippen LogP contribution in [0.25, 0.3) is 16.7 Å². The fraction of sp³-hybridized carbons (Fsp3) is 0.500. The van der Waals surface area contributed by atoms with Gasteiger partial charge in [-0.15, -0.1) is 0 Å². The van der Waals surface area contributed by atoms with Crippen molar-refractivity contribution in [2.45, 2.75) is 65.8 Å². The van der Waals surface area contributed by atoms with Crippen LogP contribution in [0.3, 0.4) is 0 Å². The lowest BCUT2D eigenvalue weighted by Crippen LogP contribution is -2.55. The van der Waals surface area contributed by atoms with Crippen molar-refractivity contribution < 1.29 is 18.3 Å². The number of ether oxygens (including phenoxy) is 1. The minimum Gasteiger partial charge on any atom is -0.444 e. The number of hydrogen-bond donors (Lipinski definition) is 0. The molecule has 1 aliphatic rings.